The van der Waals surface area contributed by atoms with Gasteiger partial charge in [-0.15, -0.1) is 0 Å². The maximum absolute atomic E-state index is 12.2. The van der Waals surface area contributed by atoms with Crippen LogP contribution in [0.15, 0.2) is 24.3 Å². The number of benzene rings is 1. The molecule has 27 heavy (non-hydrogen) atoms. The molecule has 2 bridgehead atoms. The first-order chi connectivity index (χ1) is 12.9. The van der Waals surface area contributed by atoms with Crippen LogP contribution in [0.2, 0.25) is 0 Å². The molecule has 5 nitrogen and oxygen atoms in total. The van der Waals surface area contributed by atoms with Gasteiger partial charge in [0.25, 0.3) is 0 Å². The first kappa shape index (κ1) is 18.1. The third-order valence-electron chi connectivity index (χ3n) is 7.27. The van der Waals surface area contributed by atoms with E-state index in [0.29, 0.717) is 6.04 Å². The smallest absolute Gasteiger partial charge is 0.211 e. The van der Waals surface area contributed by atoms with Gasteiger partial charge in [-0.2, -0.15) is 4.31 Å². The summed E-state index contributed by atoms with van der Waals surface area (Å²) in [5.74, 6) is 0. The Morgan fingerprint density at radius 1 is 1.04 bits per heavy atom. The summed E-state index contributed by atoms with van der Waals surface area (Å²) in [5, 5.41) is 0. The van der Waals surface area contributed by atoms with E-state index in [2.05, 4.69) is 29.2 Å². The van der Waals surface area contributed by atoms with Gasteiger partial charge in [-0.3, -0.25) is 4.90 Å². The van der Waals surface area contributed by atoms with E-state index in [4.69, 9.17) is 4.74 Å². The molecule has 2 unspecified atom stereocenters. The quantitative estimate of drug-likeness (QED) is 0.777. The van der Waals surface area contributed by atoms with Crippen LogP contribution in [-0.4, -0.2) is 67.3 Å². The Balaban J connectivity index is 1.32. The standard InChI is InChI=1S/C21H30N2O3S/c1-27(24,25)23-19-8-9-20(23)14-21(13-19)15-22(10-11-26-21)18-7-6-16-4-2-3-5-17(16)12-18/h2-5,18-20H,6-15H2,1H3/t18?,19-,20+,21?. The minimum Gasteiger partial charge on any atom is -0.372 e. The molecule has 4 atom stereocenters. The fourth-order valence-electron chi connectivity index (χ4n) is 6.23. The summed E-state index contributed by atoms with van der Waals surface area (Å²) in [5.41, 5.74) is 2.86. The second-order valence-corrected chi connectivity index (χ2v) is 10.9. The zero-order chi connectivity index (χ0) is 18.6. The zero-order valence-corrected chi connectivity index (χ0v) is 17.0. The highest BCUT2D eigenvalue weighted by atomic mass is 32.2. The van der Waals surface area contributed by atoms with Gasteiger partial charge in [-0.25, -0.2) is 8.42 Å². The van der Waals surface area contributed by atoms with Crippen molar-refractivity contribution in [3.63, 3.8) is 0 Å². The number of fused-ring (bicyclic) bond motifs is 3. The number of aryl methyl sites for hydroxylation is 1. The van der Waals surface area contributed by atoms with Gasteiger partial charge < -0.3 is 4.74 Å². The van der Waals surface area contributed by atoms with Gasteiger partial charge in [0.2, 0.25) is 10.0 Å². The molecule has 4 aliphatic rings. The third-order valence-corrected chi connectivity index (χ3v) is 8.63. The van der Waals surface area contributed by atoms with Gasteiger partial charge in [0.05, 0.1) is 18.5 Å². The average Bonchev–Trinajstić information content (AvgIpc) is 2.95. The number of rotatable bonds is 2. The third kappa shape index (κ3) is 3.24. The number of hydrogen-bond acceptors (Lipinski definition) is 4. The topological polar surface area (TPSA) is 49.9 Å². The van der Waals surface area contributed by atoms with Crippen molar-refractivity contribution in [3.8, 4) is 0 Å². The Labute approximate surface area is 162 Å². The highest BCUT2D eigenvalue weighted by molar-refractivity contribution is 7.88. The maximum atomic E-state index is 12.2. The summed E-state index contributed by atoms with van der Waals surface area (Å²) in [7, 11) is -3.12. The molecule has 0 radical (unpaired) electrons. The lowest BCUT2D eigenvalue weighted by Crippen LogP contribution is -2.62. The predicted octanol–water partition coefficient (Wildman–Crippen LogP) is 2.20. The van der Waals surface area contributed by atoms with Crippen LogP contribution >= 0.6 is 0 Å². The molecule has 0 aromatic heterocycles. The SMILES string of the molecule is CS(=O)(=O)N1[C@@H]2CC[C@H]1CC1(C2)CN(C2CCc3ccccc3C2)CCO1. The Kier molecular flexibility index (Phi) is 4.39. The van der Waals surface area contributed by atoms with E-state index in [0.717, 1.165) is 58.2 Å². The van der Waals surface area contributed by atoms with Crippen molar-refractivity contribution in [2.45, 2.75) is 68.7 Å². The Morgan fingerprint density at radius 3 is 2.44 bits per heavy atom. The number of nitrogens with zero attached hydrogens (tertiary/aromatic N) is 2. The molecule has 3 aliphatic heterocycles. The van der Waals surface area contributed by atoms with E-state index in [1.165, 1.54) is 23.8 Å². The fourth-order valence-corrected chi connectivity index (χ4v) is 7.67. The number of sulfonamides is 1. The Hall–Kier alpha value is -0.950. The van der Waals surface area contributed by atoms with Crippen LogP contribution in [0.25, 0.3) is 0 Å². The molecule has 1 aromatic rings. The summed E-state index contributed by atoms with van der Waals surface area (Å²) in [6, 6.07) is 9.70. The monoisotopic (exact) mass is 390 g/mol. The van der Waals surface area contributed by atoms with Gasteiger partial charge in [0, 0.05) is 31.2 Å². The van der Waals surface area contributed by atoms with E-state index < -0.39 is 10.0 Å². The van der Waals surface area contributed by atoms with Crippen molar-refractivity contribution in [2.24, 2.45) is 0 Å². The summed E-state index contributed by atoms with van der Waals surface area (Å²) >= 11 is 0. The lowest BCUT2D eigenvalue weighted by Gasteiger charge is -2.51. The molecular weight excluding hydrogens is 360 g/mol. The van der Waals surface area contributed by atoms with Gasteiger partial charge in [0.15, 0.2) is 0 Å². The van der Waals surface area contributed by atoms with Gasteiger partial charge in [-0.1, -0.05) is 24.3 Å². The Bertz CT molecular complexity index is 810. The molecule has 5 rings (SSSR count). The largest absolute Gasteiger partial charge is 0.372 e. The predicted molar refractivity (Wildman–Crippen MR) is 105 cm³/mol. The fraction of sp³-hybridized carbons (Fsp3) is 0.714. The minimum absolute atomic E-state index is 0.130. The molecule has 3 saturated heterocycles. The summed E-state index contributed by atoms with van der Waals surface area (Å²) < 4.78 is 32.6. The minimum atomic E-state index is -3.12. The normalized spacial score (nSPS) is 37.4. The van der Waals surface area contributed by atoms with Crippen LogP contribution in [0.1, 0.15) is 43.2 Å². The van der Waals surface area contributed by atoms with Gasteiger partial charge in [0.1, 0.15) is 0 Å². The first-order valence-corrected chi connectivity index (χ1v) is 12.2. The summed E-state index contributed by atoms with van der Waals surface area (Å²) in [6.07, 6.45) is 8.57. The van der Waals surface area contributed by atoms with Crippen molar-refractivity contribution in [2.75, 3.05) is 26.0 Å². The lowest BCUT2D eigenvalue weighted by molar-refractivity contribution is -0.149. The van der Waals surface area contributed by atoms with Crippen LogP contribution < -0.4 is 0 Å². The molecule has 1 aromatic carbocycles. The average molecular weight is 391 g/mol. The number of morpholine rings is 1. The Morgan fingerprint density at radius 2 is 1.74 bits per heavy atom. The number of piperidine rings is 1. The lowest BCUT2D eigenvalue weighted by atomic mass is 9.83. The van der Waals surface area contributed by atoms with E-state index in [-0.39, 0.29) is 17.7 Å². The van der Waals surface area contributed by atoms with Crippen molar-refractivity contribution < 1.29 is 13.2 Å². The van der Waals surface area contributed by atoms with Crippen LogP contribution in [0, 0.1) is 0 Å². The highest BCUT2D eigenvalue weighted by Gasteiger charge is 2.53. The number of ether oxygens (including phenoxy) is 1. The van der Waals surface area contributed by atoms with Crippen molar-refractivity contribution in [1.82, 2.24) is 9.21 Å². The molecule has 0 amide bonds. The molecule has 148 valence electrons. The zero-order valence-electron chi connectivity index (χ0n) is 16.1. The van der Waals surface area contributed by atoms with Gasteiger partial charge in [-0.05, 0) is 56.1 Å². The molecule has 0 saturated carbocycles. The number of hydrogen-bond donors (Lipinski definition) is 0. The molecule has 3 heterocycles. The van der Waals surface area contributed by atoms with Crippen molar-refractivity contribution in [1.29, 1.82) is 0 Å². The van der Waals surface area contributed by atoms with E-state index in [1.54, 1.807) is 4.31 Å². The summed E-state index contributed by atoms with van der Waals surface area (Å²) in [4.78, 5) is 2.65. The highest BCUT2D eigenvalue weighted by Crippen LogP contribution is 2.45. The van der Waals surface area contributed by atoms with Crippen LogP contribution in [0.4, 0.5) is 0 Å². The van der Waals surface area contributed by atoms with Crippen LogP contribution in [-0.2, 0) is 27.6 Å². The van der Waals surface area contributed by atoms with E-state index in [9.17, 15) is 8.42 Å². The molecule has 3 fully saturated rings. The summed E-state index contributed by atoms with van der Waals surface area (Å²) in [6.45, 7) is 2.74. The van der Waals surface area contributed by atoms with E-state index in [1.807, 2.05) is 0 Å². The van der Waals surface area contributed by atoms with Crippen LogP contribution in [0.5, 0.6) is 0 Å². The maximum Gasteiger partial charge on any atom is 0.211 e. The molecular formula is C21H30N2O3S. The molecule has 6 heteroatoms. The first-order valence-electron chi connectivity index (χ1n) is 10.4. The van der Waals surface area contributed by atoms with Crippen LogP contribution in [0.3, 0.4) is 0 Å². The van der Waals surface area contributed by atoms with Crippen molar-refractivity contribution in [3.05, 3.63) is 35.4 Å². The van der Waals surface area contributed by atoms with Gasteiger partial charge >= 0.3 is 0 Å². The molecule has 0 N–H and O–H groups in total. The van der Waals surface area contributed by atoms with E-state index >= 15 is 0 Å². The second-order valence-electron chi connectivity index (χ2n) is 9.05. The second kappa shape index (κ2) is 6.55. The molecule has 1 spiro atoms. The van der Waals surface area contributed by atoms with Crippen molar-refractivity contribution >= 4 is 10.0 Å². The molecule has 1 aliphatic carbocycles.